The minimum atomic E-state index is -1.05. The largest absolute Gasteiger partial charge is 0.478 e. The van der Waals surface area contributed by atoms with Crippen LogP contribution >= 0.6 is 0 Å². The van der Waals surface area contributed by atoms with Crippen molar-refractivity contribution in [3.63, 3.8) is 0 Å². The van der Waals surface area contributed by atoms with Gasteiger partial charge >= 0.3 is 5.97 Å². The number of rotatable bonds is 5. The molecule has 24 heavy (non-hydrogen) atoms. The van der Waals surface area contributed by atoms with Crippen LogP contribution in [0.5, 0.6) is 0 Å². The van der Waals surface area contributed by atoms with Crippen LogP contribution in [0, 0.1) is 5.41 Å². The fraction of sp³-hybridized carbons (Fsp3) is 0.611. The van der Waals surface area contributed by atoms with Gasteiger partial charge in [0.25, 0.3) is 5.91 Å². The Labute approximate surface area is 141 Å². The van der Waals surface area contributed by atoms with Crippen molar-refractivity contribution in [3.05, 3.63) is 29.6 Å². The molecule has 1 heterocycles. The Bertz CT molecular complexity index is 640. The first kappa shape index (κ1) is 16.9. The van der Waals surface area contributed by atoms with E-state index in [0.29, 0.717) is 6.61 Å². The number of pyridine rings is 1. The summed E-state index contributed by atoms with van der Waals surface area (Å²) in [5.41, 5.74) is 0.328. The quantitative estimate of drug-likeness (QED) is 0.896. The van der Waals surface area contributed by atoms with Crippen LogP contribution in [0.25, 0.3) is 0 Å². The third kappa shape index (κ3) is 2.69. The molecule has 3 rings (SSSR count). The van der Waals surface area contributed by atoms with Gasteiger partial charge in [-0.1, -0.05) is 12.8 Å². The average molecular weight is 332 g/mol. The number of aromatic carboxylic acids is 1. The van der Waals surface area contributed by atoms with Crippen molar-refractivity contribution >= 4 is 11.9 Å². The van der Waals surface area contributed by atoms with E-state index in [1.165, 1.54) is 31.2 Å². The fourth-order valence-corrected chi connectivity index (χ4v) is 4.40. The summed E-state index contributed by atoms with van der Waals surface area (Å²) in [7, 11) is 1.80. The van der Waals surface area contributed by atoms with Crippen LogP contribution < -0.4 is 0 Å². The Hall–Kier alpha value is -1.95. The Kier molecular flexibility index (Phi) is 4.58. The van der Waals surface area contributed by atoms with Crippen LogP contribution in [0.3, 0.4) is 0 Å². The van der Waals surface area contributed by atoms with Crippen LogP contribution in [0.2, 0.25) is 0 Å². The normalized spacial score (nSPS) is 24.6. The van der Waals surface area contributed by atoms with Gasteiger partial charge in [0.05, 0.1) is 11.7 Å². The summed E-state index contributed by atoms with van der Waals surface area (Å²) < 4.78 is 5.90. The molecule has 2 saturated carbocycles. The minimum Gasteiger partial charge on any atom is -0.478 e. The smallest absolute Gasteiger partial charge is 0.335 e. The van der Waals surface area contributed by atoms with Gasteiger partial charge in [0.2, 0.25) is 0 Å². The van der Waals surface area contributed by atoms with Gasteiger partial charge < -0.3 is 14.7 Å². The molecule has 1 spiro atoms. The first-order valence-corrected chi connectivity index (χ1v) is 8.57. The maximum Gasteiger partial charge on any atom is 0.335 e. The van der Waals surface area contributed by atoms with E-state index in [-0.39, 0.29) is 34.7 Å². The third-order valence-corrected chi connectivity index (χ3v) is 5.66. The third-order valence-electron chi connectivity index (χ3n) is 5.66. The first-order chi connectivity index (χ1) is 11.5. The second kappa shape index (κ2) is 6.51. The molecular formula is C18H24N2O4. The van der Waals surface area contributed by atoms with Gasteiger partial charge in [0.1, 0.15) is 5.69 Å². The van der Waals surface area contributed by atoms with E-state index in [9.17, 15) is 9.59 Å². The minimum absolute atomic E-state index is 0.0603. The van der Waals surface area contributed by atoms with Crippen molar-refractivity contribution in [2.24, 2.45) is 5.41 Å². The molecule has 2 aliphatic carbocycles. The maximum atomic E-state index is 12.8. The molecule has 1 N–H and O–H groups in total. The lowest BCUT2D eigenvalue weighted by Crippen LogP contribution is -2.64. The predicted molar refractivity (Wildman–Crippen MR) is 88.0 cm³/mol. The fourth-order valence-electron chi connectivity index (χ4n) is 4.40. The second-order valence-corrected chi connectivity index (χ2v) is 6.79. The number of hydrogen-bond donors (Lipinski definition) is 1. The monoisotopic (exact) mass is 332 g/mol. The molecule has 1 aromatic rings. The van der Waals surface area contributed by atoms with Gasteiger partial charge in [-0.05, 0) is 38.3 Å². The van der Waals surface area contributed by atoms with Crippen molar-refractivity contribution in [1.29, 1.82) is 0 Å². The standard InChI is InChI=1S/C18H24N2O4/c1-3-24-15-11-14(18(15)7-4-5-8-18)20(2)16(21)13-10-12(17(22)23)6-9-19-13/h6,9-10,14-15H,3-5,7-8,11H2,1-2H3,(H,22,23). The molecule has 0 aliphatic heterocycles. The van der Waals surface area contributed by atoms with Crippen molar-refractivity contribution in [2.45, 2.75) is 51.2 Å². The number of ether oxygens (including phenoxy) is 1. The Balaban J connectivity index is 1.79. The topological polar surface area (TPSA) is 79.7 Å². The first-order valence-electron chi connectivity index (χ1n) is 8.57. The van der Waals surface area contributed by atoms with Crippen LogP contribution in [0.15, 0.2) is 18.3 Å². The van der Waals surface area contributed by atoms with Gasteiger partial charge in [0, 0.05) is 31.3 Å². The zero-order chi connectivity index (χ0) is 17.3. The lowest BCUT2D eigenvalue weighted by Gasteiger charge is -2.56. The van der Waals surface area contributed by atoms with Crippen molar-refractivity contribution < 1.29 is 19.4 Å². The highest BCUT2D eigenvalue weighted by molar-refractivity contribution is 5.96. The highest BCUT2D eigenvalue weighted by Gasteiger charge is 2.58. The SMILES string of the molecule is CCOC1CC(N(C)C(=O)c2cc(C(=O)O)ccn2)C12CCCC2. The molecule has 2 atom stereocenters. The maximum absolute atomic E-state index is 12.8. The number of carboxylic acid groups (broad SMARTS) is 1. The van der Waals surface area contributed by atoms with Crippen molar-refractivity contribution in [1.82, 2.24) is 9.88 Å². The van der Waals surface area contributed by atoms with Gasteiger partial charge in [-0.3, -0.25) is 9.78 Å². The summed E-state index contributed by atoms with van der Waals surface area (Å²) in [5.74, 6) is -1.27. The number of carbonyl (C=O) groups excluding carboxylic acids is 1. The second-order valence-electron chi connectivity index (χ2n) is 6.79. The lowest BCUT2D eigenvalue weighted by atomic mass is 9.60. The summed E-state index contributed by atoms with van der Waals surface area (Å²) in [6.45, 7) is 2.70. The van der Waals surface area contributed by atoms with E-state index in [4.69, 9.17) is 9.84 Å². The zero-order valence-corrected chi connectivity index (χ0v) is 14.2. The van der Waals surface area contributed by atoms with Crippen molar-refractivity contribution in [2.75, 3.05) is 13.7 Å². The van der Waals surface area contributed by atoms with E-state index in [1.807, 2.05) is 6.92 Å². The average Bonchev–Trinajstić information content (AvgIpc) is 3.10. The molecule has 0 saturated heterocycles. The molecule has 0 aromatic carbocycles. The number of hydrogen-bond acceptors (Lipinski definition) is 4. The Morgan fingerprint density at radius 1 is 1.42 bits per heavy atom. The van der Waals surface area contributed by atoms with Crippen LogP contribution in [-0.2, 0) is 4.74 Å². The van der Waals surface area contributed by atoms with Gasteiger partial charge in [0.15, 0.2) is 0 Å². The van der Waals surface area contributed by atoms with Gasteiger partial charge in [-0.15, -0.1) is 0 Å². The summed E-state index contributed by atoms with van der Waals surface area (Å²) in [6.07, 6.45) is 6.96. The van der Waals surface area contributed by atoms with E-state index in [2.05, 4.69) is 4.98 Å². The summed E-state index contributed by atoms with van der Waals surface area (Å²) in [5, 5.41) is 9.09. The number of carbonyl (C=O) groups is 2. The number of amides is 1. The predicted octanol–water partition coefficient (Wildman–Crippen LogP) is 2.59. The van der Waals surface area contributed by atoms with Crippen LogP contribution in [0.1, 0.15) is 59.9 Å². The lowest BCUT2D eigenvalue weighted by molar-refractivity contribution is -0.152. The number of carboxylic acids is 1. The van der Waals surface area contributed by atoms with Crippen LogP contribution in [0.4, 0.5) is 0 Å². The van der Waals surface area contributed by atoms with Crippen molar-refractivity contribution in [3.8, 4) is 0 Å². The molecule has 0 bridgehead atoms. The molecule has 6 heteroatoms. The molecule has 0 radical (unpaired) electrons. The van der Waals surface area contributed by atoms with E-state index >= 15 is 0 Å². The molecule has 2 aliphatic rings. The summed E-state index contributed by atoms with van der Waals surface area (Å²) in [6, 6.07) is 2.88. The number of nitrogens with zero attached hydrogens (tertiary/aromatic N) is 2. The molecule has 1 aromatic heterocycles. The highest BCUT2D eigenvalue weighted by atomic mass is 16.5. The molecule has 2 fully saturated rings. The van der Waals surface area contributed by atoms with E-state index < -0.39 is 5.97 Å². The van der Waals surface area contributed by atoms with E-state index in [1.54, 1.807) is 11.9 Å². The molecule has 6 nitrogen and oxygen atoms in total. The molecule has 1 amide bonds. The highest BCUT2D eigenvalue weighted by Crippen LogP contribution is 2.56. The van der Waals surface area contributed by atoms with Gasteiger partial charge in [-0.25, -0.2) is 4.79 Å². The zero-order valence-electron chi connectivity index (χ0n) is 14.2. The Morgan fingerprint density at radius 3 is 2.75 bits per heavy atom. The van der Waals surface area contributed by atoms with Crippen LogP contribution in [-0.4, -0.2) is 52.7 Å². The molecule has 2 unspecified atom stereocenters. The molecule has 130 valence electrons. The van der Waals surface area contributed by atoms with Gasteiger partial charge in [-0.2, -0.15) is 0 Å². The summed E-state index contributed by atoms with van der Waals surface area (Å²) in [4.78, 5) is 29.7. The summed E-state index contributed by atoms with van der Waals surface area (Å²) >= 11 is 0. The van der Waals surface area contributed by atoms with E-state index in [0.717, 1.165) is 19.3 Å². The number of aromatic nitrogens is 1. The Morgan fingerprint density at radius 2 is 2.12 bits per heavy atom. The molecular weight excluding hydrogens is 308 g/mol.